The molecule has 5 nitrogen and oxygen atoms in total. The zero-order valence-electron chi connectivity index (χ0n) is 12.5. The van der Waals surface area contributed by atoms with E-state index >= 15 is 0 Å². The van der Waals surface area contributed by atoms with E-state index in [9.17, 15) is 41.0 Å². The smallest absolute Gasteiger partial charge is 0.399 e. The summed E-state index contributed by atoms with van der Waals surface area (Å²) in [7, 11) is 0. The number of halogens is 9. The van der Waals surface area contributed by atoms with Gasteiger partial charge >= 0.3 is 24.3 Å². The maximum Gasteiger partial charge on any atom is 0.399 e. The number of alkyl halides is 6. The van der Waals surface area contributed by atoms with Crippen molar-refractivity contribution < 1.29 is 50.5 Å². The molecule has 1 aromatic rings. The van der Waals surface area contributed by atoms with Gasteiger partial charge < -0.3 is 14.6 Å². The monoisotopic (exact) mass is 593 g/mol. The Bertz CT molecular complexity index is 697. The summed E-state index contributed by atoms with van der Waals surface area (Å²) in [5.41, 5.74) is -5.98. The van der Waals surface area contributed by atoms with E-state index < -0.39 is 43.1 Å². The molecule has 0 atom stereocenters. The number of rotatable bonds is 5. The molecule has 14 heteroatoms. The third-order valence-corrected chi connectivity index (χ3v) is 4.56. The van der Waals surface area contributed by atoms with Crippen LogP contribution in [0.25, 0.3) is 0 Å². The Morgan fingerprint density at radius 1 is 0.889 bits per heavy atom. The predicted octanol–water partition coefficient (Wildman–Crippen LogP) is 3.90. The van der Waals surface area contributed by atoms with E-state index in [0.29, 0.717) is 4.47 Å². The van der Waals surface area contributed by atoms with Gasteiger partial charge in [-0.25, -0.2) is 4.79 Å². The lowest BCUT2D eigenvalue weighted by atomic mass is 10.0. The quantitative estimate of drug-likeness (QED) is 0.293. The predicted molar refractivity (Wildman–Crippen MR) is 85.6 cm³/mol. The number of carbonyl (C=O) groups is 2. The Morgan fingerprint density at radius 3 is 1.70 bits per heavy atom. The zero-order valence-corrected chi connectivity index (χ0v) is 17.3. The van der Waals surface area contributed by atoms with Gasteiger partial charge in [0, 0.05) is 13.4 Å². The summed E-state index contributed by atoms with van der Waals surface area (Å²) in [4.78, 5) is 23.0. The standard InChI is InChI=1S/C13H6Br3F6O5/c14-5-3-6(15)8(7(16)4-5)9(23)26-1-2-27-10(24)11(25,12(17,18)19)13(20,21)22/h3-4H,1-2H2/q-1. The van der Waals surface area contributed by atoms with Crippen LogP contribution in [-0.2, 0) is 14.3 Å². The average molecular weight is 596 g/mol. The molecule has 0 amide bonds. The highest BCUT2D eigenvalue weighted by molar-refractivity contribution is 9.11. The normalized spacial score (nSPS) is 12.7. The highest BCUT2D eigenvalue weighted by Gasteiger charge is 2.68. The summed E-state index contributed by atoms with van der Waals surface area (Å²) in [5.74, 6) is -4.11. The van der Waals surface area contributed by atoms with Crippen LogP contribution in [0.5, 0.6) is 0 Å². The van der Waals surface area contributed by atoms with Crippen LogP contribution >= 0.6 is 47.8 Å². The van der Waals surface area contributed by atoms with Crippen molar-refractivity contribution in [3.8, 4) is 0 Å². The molecule has 0 fully saturated rings. The van der Waals surface area contributed by atoms with Gasteiger partial charge in [0.05, 0.1) is 5.56 Å². The first-order chi connectivity index (χ1) is 12.1. The topological polar surface area (TPSA) is 75.7 Å². The van der Waals surface area contributed by atoms with Gasteiger partial charge in [-0.2, -0.15) is 26.3 Å². The molecule has 0 aliphatic carbocycles. The fraction of sp³-hybridized carbons (Fsp3) is 0.385. The van der Waals surface area contributed by atoms with E-state index in [1.807, 2.05) is 0 Å². The minimum absolute atomic E-state index is 0.0340. The van der Waals surface area contributed by atoms with Gasteiger partial charge in [0.1, 0.15) is 13.2 Å². The summed E-state index contributed by atoms with van der Waals surface area (Å²) in [6.07, 6.45) is -12.9. The van der Waals surface area contributed by atoms with Gasteiger partial charge in [-0.3, -0.25) is 4.79 Å². The summed E-state index contributed by atoms with van der Waals surface area (Å²) in [6.45, 7) is -2.07. The second-order valence-corrected chi connectivity index (χ2v) is 7.32. The lowest BCUT2D eigenvalue weighted by Gasteiger charge is -2.40. The number of ether oxygens (including phenoxy) is 2. The third kappa shape index (κ3) is 5.35. The Labute approximate surface area is 172 Å². The number of carbonyl (C=O) groups excluding carboxylic acids is 2. The van der Waals surface area contributed by atoms with Crippen molar-refractivity contribution in [3.63, 3.8) is 0 Å². The molecule has 0 unspecified atom stereocenters. The van der Waals surface area contributed by atoms with E-state index in [1.165, 1.54) is 12.1 Å². The lowest BCUT2D eigenvalue weighted by molar-refractivity contribution is -0.574. The van der Waals surface area contributed by atoms with Crippen LogP contribution < -0.4 is 5.11 Å². The molecule has 1 rings (SSSR count). The highest BCUT2D eigenvalue weighted by Crippen LogP contribution is 2.41. The first kappa shape index (κ1) is 24.2. The molecule has 0 aromatic heterocycles. The van der Waals surface area contributed by atoms with Gasteiger partial charge in [-0.1, -0.05) is 15.9 Å². The van der Waals surface area contributed by atoms with E-state index in [4.69, 9.17) is 0 Å². The Balaban J connectivity index is 2.74. The molecule has 0 aliphatic heterocycles. The van der Waals surface area contributed by atoms with Crippen LogP contribution in [0.2, 0.25) is 0 Å². The molecule has 1 aromatic carbocycles. The first-order valence-electron chi connectivity index (χ1n) is 6.45. The van der Waals surface area contributed by atoms with Crippen LogP contribution in [-0.4, -0.2) is 43.1 Å². The summed E-state index contributed by atoms with van der Waals surface area (Å²) in [5, 5.41) is 11.1. The van der Waals surface area contributed by atoms with Crippen LogP contribution in [0.1, 0.15) is 10.4 Å². The molecule has 0 N–H and O–H groups in total. The van der Waals surface area contributed by atoms with Crippen LogP contribution in [0.3, 0.4) is 0 Å². The van der Waals surface area contributed by atoms with Gasteiger partial charge in [0.2, 0.25) is 0 Å². The van der Waals surface area contributed by atoms with E-state index in [0.717, 1.165) is 0 Å². The molecule has 27 heavy (non-hydrogen) atoms. The molecule has 0 heterocycles. The van der Waals surface area contributed by atoms with Crippen molar-refractivity contribution >= 4 is 59.7 Å². The fourth-order valence-electron chi connectivity index (χ4n) is 1.57. The highest BCUT2D eigenvalue weighted by atomic mass is 79.9. The molecular weight excluding hydrogens is 590 g/mol. The zero-order chi connectivity index (χ0) is 21.2. The Hall–Kier alpha value is -0.860. The number of benzene rings is 1. The van der Waals surface area contributed by atoms with E-state index in [-0.39, 0.29) is 14.5 Å². The van der Waals surface area contributed by atoms with Crippen molar-refractivity contribution in [2.75, 3.05) is 13.2 Å². The van der Waals surface area contributed by atoms with Crippen molar-refractivity contribution in [1.29, 1.82) is 0 Å². The average Bonchev–Trinajstić information content (AvgIpc) is 2.47. The first-order valence-corrected chi connectivity index (χ1v) is 8.83. The molecule has 0 spiro atoms. The SMILES string of the molecule is O=C(OCCOC(=O)C([O-])(C(F)(F)F)C(F)(F)F)c1c(Br)cc(Br)cc1Br. The second-order valence-electron chi connectivity index (χ2n) is 4.69. The lowest BCUT2D eigenvalue weighted by Crippen LogP contribution is -2.71. The summed E-state index contributed by atoms with van der Waals surface area (Å²) < 4.78 is 83.8. The van der Waals surface area contributed by atoms with Crippen molar-refractivity contribution in [3.05, 3.63) is 31.1 Å². The van der Waals surface area contributed by atoms with Crippen LogP contribution in [0.4, 0.5) is 26.3 Å². The number of esters is 2. The Kier molecular flexibility index (Phi) is 7.75. The fourth-order valence-corrected chi connectivity index (χ4v) is 4.15. The molecule has 0 aliphatic rings. The van der Waals surface area contributed by atoms with Gasteiger partial charge in [-0.15, -0.1) is 0 Å². The van der Waals surface area contributed by atoms with Crippen LogP contribution in [0, 0.1) is 0 Å². The molecule has 0 saturated carbocycles. The molecule has 0 radical (unpaired) electrons. The molecular formula is C13H6Br3F6O5-. The van der Waals surface area contributed by atoms with Crippen LogP contribution in [0.15, 0.2) is 25.6 Å². The molecule has 152 valence electrons. The van der Waals surface area contributed by atoms with E-state index in [2.05, 4.69) is 57.3 Å². The van der Waals surface area contributed by atoms with Gasteiger partial charge in [0.25, 0.3) is 0 Å². The Morgan fingerprint density at radius 2 is 1.30 bits per heavy atom. The summed E-state index contributed by atoms with van der Waals surface area (Å²) >= 11 is 9.27. The maximum absolute atomic E-state index is 12.4. The third-order valence-electron chi connectivity index (χ3n) is 2.85. The van der Waals surface area contributed by atoms with Gasteiger partial charge in [-0.05, 0) is 44.0 Å². The van der Waals surface area contributed by atoms with Crippen molar-refractivity contribution in [2.24, 2.45) is 0 Å². The maximum atomic E-state index is 12.4. The largest absolute Gasteiger partial charge is 0.828 e. The minimum Gasteiger partial charge on any atom is -0.828 e. The number of hydrogen-bond acceptors (Lipinski definition) is 5. The van der Waals surface area contributed by atoms with Gasteiger partial charge in [0.15, 0.2) is 5.60 Å². The van der Waals surface area contributed by atoms with E-state index in [1.54, 1.807) is 0 Å². The van der Waals surface area contributed by atoms with Crippen molar-refractivity contribution in [2.45, 2.75) is 18.0 Å². The minimum atomic E-state index is -6.47. The summed E-state index contributed by atoms with van der Waals surface area (Å²) in [6, 6.07) is 2.94. The molecule has 0 saturated heterocycles. The number of hydrogen-bond donors (Lipinski definition) is 0. The molecule has 0 bridgehead atoms. The second kappa shape index (κ2) is 8.66. The van der Waals surface area contributed by atoms with Crippen molar-refractivity contribution in [1.82, 2.24) is 0 Å².